The standard InChI is InChI=1S/C6H13NO2.C5H13NO.C2H7NO4S.CH5O5P/c1-4-7(2,3)5-6(8)9;1-6(2,3)4-5-7;1-3-2-7-8(4,5)6;2-1-6-7(3,4)5/h4-5H2,1-3H3;4-5H2,1-3H3;3H,2H2,1H3,(H,4,5,6);2H,1H2,(H2,3,4,5)/p-2/i;1D;;. The van der Waals surface area contributed by atoms with Crippen LogP contribution in [0.2, 0.25) is 0 Å². The van der Waals surface area contributed by atoms with E-state index in [9.17, 15) is 37.4 Å². The number of nitrogens with zero attached hydrogens (tertiary/aromatic N) is 2. The Kier molecular flexibility index (Phi) is 21.1. The molecule has 0 aromatic rings. The lowest BCUT2D eigenvalue weighted by atomic mass is 10.4. The van der Waals surface area contributed by atoms with Crippen LogP contribution in [0.3, 0.4) is 0 Å². The van der Waals surface area contributed by atoms with Gasteiger partial charge in [-0.15, -0.1) is 0 Å². The van der Waals surface area contributed by atoms with Crippen molar-refractivity contribution in [2.24, 2.45) is 0 Å². The summed E-state index contributed by atoms with van der Waals surface area (Å²) in [6.45, 7) is 2.05. The van der Waals surface area contributed by atoms with Gasteiger partial charge in [0.2, 0.25) is 10.4 Å². The number of likely N-dealkylation sites (N-methyl/N-ethyl adjacent to an activating group) is 2. The molecule has 1 unspecified atom stereocenters. The number of phosphoric ester groups is 1. The van der Waals surface area contributed by atoms with Crippen LogP contribution in [0.1, 0.15) is 8.29 Å². The number of rotatable bonds is 10. The summed E-state index contributed by atoms with van der Waals surface area (Å²) >= 11 is 0. The lowest BCUT2D eigenvalue weighted by Crippen LogP contribution is -2.47. The van der Waals surface area contributed by atoms with Crippen molar-refractivity contribution in [3.05, 3.63) is 0 Å². The number of phosphoric acid groups is 1. The maximum absolute atomic E-state index is 10.0. The van der Waals surface area contributed by atoms with Crippen LogP contribution < -0.4 is 20.4 Å². The summed E-state index contributed by atoms with van der Waals surface area (Å²) in [5.41, 5.74) is 0. The fraction of sp³-hybridized carbons (Fsp3) is 0.929. The van der Waals surface area contributed by atoms with Crippen LogP contribution in [-0.2, 0) is 28.5 Å². The minimum absolute atomic E-state index is 0.0775. The average Bonchev–Trinajstić information content (AvgIpc) is 2.59. The van der Waals surface area contributed by atoms with E-state index in [0.717, 1.165) is 6.54 Å². The Bertz CT molecular complexity index is 616. The van der Waals surface area contributed by atoms with Crippen LogP contribution in [-0.4, -0.2) is 120 Å². The number of aliphatic carboxylic acids is 1. The molecule has 0 amide bonds. The lowest BCUT2D eigenvalue weighted by molar-refractivity contribution is -0.882. The van der Waals surface area contributed by atoms with Gasteiger partial charge in [0.1, 0.15) is 13.3 Å². The first-order valence-corrected chi connectivity index (χ1v) is 11.3. The summed E-state index contributed by atoms with van der Waals surface area (Å²) in [5, 5.41) is 30.0. The fourth-order valence-corrected chi connectivity index (χ4v) is 1.32. The Balaban J connectivity index is -0.000000164. The molecule has 3 N–H and O–H groups in total. The summed E-state index contributed by atoms with van der Waals surface area (Å²) in [7, 11) is 0.0665. The van der Waals surface area contributed by atoms with Crippen LogP contribution in [0.5, 0.6) is 0 Å². The van der Waals surface area contributed by atoms with Gasteiger partial charge < -0.3 is 43.4 Å². The third-order valence-corrected chi connectivity index (χ3v) is 3.53. The van der Waals surface area contributed by atoms with E-state index in [1.807, 2.05) is 35.1 Å². The van der Waals surface area contributed by atoms with Crippen molar-refractivity contribution in [1.29, 1.82) is 0 Å². The fourth-order valence-electron chi connectivity index (χ4n) is 0.912. The molecule has 0 heterocycles. The molecule has 0 fully saturated rings. The summed E-state index contributed by atoms with van der Waals surface area (Å²) < 4.78 is 53.1. The smallest absolute Gasteiger partial charge is 0.267 e. The molecule has 0 aromatic heterocycles. The zero-order valence-electron chi connectivity index (χ0n) is 19.7. The highest BCUT2D eigenvalue weighted by atomic mass is 32.3. The molecule has 0 rings (SSSR count). The first-order chi connectivity index (χ1) is 14.2. The van der Waals surface area contributed by atoms with Gasteiger partial charge in [-0.1, -0.05) is 6.61 Å². The Morgan fingerprint density at radius 1 is 1.29 bits per heavy atom. The maximum Gasteiger partial charge on any atom is 0.267 e. The second-order valence-electron chi connectivity index (χ2n) is 6.90. The Morgan fingerprint density at radius 2 is 1.77 bits per heavy atom. The number of hydrogen-bond donors (Lipinski definition) is 3. The monoisotopic (exact) mass is 502 g/mol. The van der Waals surface area contributed by atoms with E-state index in [0.29, 0.717) is 22.5 Å². The van der Waals surface area contributed by atoms with Crippen molar-refractivity contribution in [2.45, 2.75) is 6.92 Å². The first kappa shape index (κ1) is 34.9. The van der Waals surface area contributed by atoms with Gasteiger partial charge in [0.25, 0.3) is 7.82 Å². The molecule has 31 heavy (non-hydrogen) atoms. The number of carboxylic acids is 1. The highest BCUT2D eigenvalue weighted by Gasteiger charge is 2.10. The van der Waals surface area contributed by atoms with Crippen molar-refractivity contribution < 1.29 is 66.5 Å². The number of carbonyl (C=O) groups excluding carboxylic acids is 1. The van der Waals surface area contributed by atoms with Crippen LogP contribution >= 0.6 is 7.82 Å². The zero-order chi connectivity index (χ0) is 26.6. The van der Waals surface area contributed by atoms with Crippen molar-refractivity contribution in [2.75, 3.05) is 82.0 Å². The molecular weight excluding hydrogens is 465 g/mol. The van der Waals surface area contributed by atoms with E-state index >= 15 is 0 Å². The van der Waals surface area contributed by atoms with Gasteiger partial charge in [0, 0.05) is 0 Å². The highest BCUT2D eigenvalue weighted by Crippen LogP contribution is 2.28. The average molecular weight is 502 g/mol. The van der Waals surface area contributed by atoms with Crippen LogP contribution in [0.15, 0.2) is 0 Å². The number of aliphatic hydroxyl groups excluding tert-OH is 1. The van der Waals surface area contributed by atoms with Gasteiger partial charge in [0.05, 0.1) is 55.6 Å². The van der Waals surface area contributed by atoms with Gasteiger partial charge in [-0.25, -0.2) is 8.42 Å². The van der Waals surface area contributed by atoms with Gasteiger partial charge >= 0.3 is 0 Å². The number of aliphatic hydroxyl groups is 1. The predicted molar refractivity (Wildman–Crippen MR) is 103 cm³/mol. The van der Waals surface area contributed by atoms with E-state index in [4.69, 9.17) is 11.4 Å². The number of quaternary nitrogens is 2. The molecule has 17 heteroatoms. The minimum atomic E-state index is -4.67. The molecule has 0 aliphatic heterocycles. The largest absolute Gasteiger partial charge is 0.850 e. The second kappa shape index (κ2) is 18.8. The Hall–Kier alpha value is -0.750. The van der Waals surface area contributed by atoms with E-state index in [-0.39, 0.29) is 19.9 Å². The predicted octanol–water partition coefficient (Wildman–Crippen LogP) is -5.06. The molecule has 0 spiro atoms. The number of hydrogen-bond acceptors (Lipinski definition) is 12. The summed E-state index contributed by atoms with van der Waals surface area (Å²) in [5.74, 6) is -0.984. The number of nitrogens with one attached hydrogen (secondary N) is 1. The van der Waals surface area contributed by atoms with Gasteiger partial charge in [-0.3, -0.25) is 18.6 Å². The van der Waals surface area contributed by atoms with E-state index < -0.39 is 31.0 Å². The molecule has 0 aliphatic carbocycles. The van der Waals surface area contributed by atoms with Crippen molar-refractivity contribution >= 4 is 24.2 Å². The highest BCUT2D eigenvalue weighted by molar-refractivity contribution is 7.80. The second-order valence-corrected chi connectivity index (χ2v) is 9.14. The molecule has 0 aliphatic rings. The van der Waals surface area contributed by atoms with Crippen LogP contribution in [0.4, 0.5) is 0 Å². The summed E-state index contributed by atoms with van der Waals surface area (Å²) in [6, 6.07) is 0. The van der Waals surface area contributed by atoms with E-state index in [2.05, 4.69) is 14.0 Å². The van der Waals surface area contributed by atoms with Gasteiger partial charge in [-0.2, -0.15) is 0 Å². The Morgan fingerprint density at radius 3 is 1.87 bits per heavy atom. The van der Waals surface area contributed by atoms with Crippen LogP contribution in [0.25, 0.3) is 0 Å². The SMILES string of the molecule is CC[N+](C)(C)CC(=O)[O-].CNCOS(=O)(=O)[O-].O=P([O-])(O)OCO.[2H]C[N+](C)(C)CC[O-]. The van der Waals surface area contributed by atoms with Gasteiger partial charge in [-0.05, 0) is 14.0 Å². The van der Waals surface area contributed by atoms with E-state index in [1.165, 1.54) is 7.05 Å². The summed E-state index contributed by atoms with van der Waals surface area (Å²) in [4.78, 5) is 27.1. The van der Waals surface area contributed by atoms with Crippen molar-refractivity contribution in [1.82, 2.24) is 5.32 Å². The van der Waals surface area contributed by atoms with Crippen molar-refractivity contribution in [3.63, 3.8) is 0 Å². The molecule has 15 nitrogen and oxygen atoms in total. The molecule has 1 atom stereocenters. The van der Waals surface area contributed by atoms with Gasteiger partial charge in [0.15, 0.2) is 6.79 Å². The van der Waals surface area contributed by atoms with E-state index in [1.54, 1.807) is 0 Å². The first-order valence-electron chi connectivity index (χ1n) is 9.18. The third-order valence-electron chi connectivity index (χ3n) is 2.68. The quantitative estimate of drug-likeness (QED) is 0.0835. The minimum Gasteiger partial charge on any atom is -0.850 e. The maximum atomic E-state index is 10.0. The van der Waals surface area contributed by atoms with Crippen molar-refractivity contribution in [3.8, 4) is 0 Å². The molecular formula is C14H36N3O12PS-2. The molecule has 0 radical (unpaired) electrons. The topological polar surface area (TPSA) is 231 Å². The molecule has 0 saturated heterocycles. The Labute approximate surface area is 185 Å². The summed E-state index contributed by atoms with van der Waals surface area (Å²) in [6.07, 6.45) is 0. The lowest BCUT2D eigenvalue weighted by Gasteiger charge is -2.28. The zero-order valence-corrected chi connectivity index (χ0v) is 20.4. The molecule has 0 bridgehead atoms. The molecule has 192 valence electrons. The number of carboxylic acid groups (broad SMARTS) is 1. The third kappa shape index (κ3) is 53.0. The normalized spacial score (nSPS) is 13.7. The number of carbonyl (C=O) groups is 1. The molecule has 0 aromatic carbocycles. The van der Waals surface area contributed by atoms with Crippen LogP contribution in [0, 0.1) is 0 Å². The molecule has 0 saturated carbocycles.